The minimum Gasteiger partial charge on any atom is -0.508 e. The summed E-state index contributed by atoms with van der Waals surface area (Å²) in [5.74, 6) is 0.517. The molecule has 0 radical (unpaired) electrons. The number of para-hydroxylation sites is 2. The van der Waals surface area contributed by atoms with Crippen LogP contribution in [0.2, 0.25) is 0 Å². The predicted molar refractivity (Wildman–Crippen MR) is 86.9 cm³/mol. The highest BCUT2D eigenvalue weighted by atomic mass is 16.3. The number of phenols is 2. The van der Waals surface area contributed by atoms with E-state index in [1.54, 1.807) is 29.2 Å². The highest BCUT2D eigenvalue weighted by Gasteiger charge is 2.24. The van der Waals surface area contributed by atoms with E-state index < -0.39 is 0 Å². The van der Waals surface area contributed by atoms with E-state index in [4.69, 9.17) is 0 Å². The SMILES string of the molecule is O=C1CN(Cc2ccccc2O)CCN1Cc1ccccc1O. The molecule has 0 unspecified atom stereocenters. The van der Waals surface area contributed by atoms with Gasteiger partial charge in [-0.05, 0) is 12.1 Å². The summed E-state index contributed by atoms with van der Waals surface area (Å²) >= 11 is 0. The number of hydrogen-bond donors (Lipinski definition) is 2. The van der Waals surface area contributed by atoms with Gasteiger partial charge in [-0.25, -0.2) is 0 Å². The minimum absolute atomic E-state index is 0.0370. The number of phenolic OH excluding ortho intramolecular Hbond substituents is 2. The molecule has 1 amide bonds. The first kappa shape index (κ1) is 15.4. The second kappa shape index (κ2) is 6.71. The fourth-order valence-corrected chi connectivity index (χ4v) is 2.79. The standard InChI is InChI=1S/C18H20N2O3/c21-16-7-3-1-5-14(16)11-19-9-10-20(18(23)13-19)12-15-6-2-4-8-17(15)22/h1-8,21-22H,9-13H2. The molecule has 120 valence electrons. The Balaban J connectivity index is 1.61. The lowest BCUT2D eigenvalue weighted by Gasteiger charge is -2.34. The first-order valence-electron chi connectivity index (χ1n) is 7.67. The summed E-state index contributed by atoms with van der Waals surface area (Å²) < 4.78 is 0. The third kappa shape index (κ3) is 3.63. The monoisotopic (exact) mass is 312 g/mol. The fourth-order valence-electron chi connectivity index (χ4n) is 2.79. The Morgan fingerprint density at radius 3 is 1.96 bits per heavy atom. The zero-order valence-corrected chi connectivity index (χ0v) is 12.9. The van der Waals surface area contributed by atoms with Gasteiger partial charge in [-0.2, -0.15) is 0 Å². The molecule has 0 aliphatic carbocycles. The third-order valence-electron chi connectivity index (χ3n) is 4.14. The number of piperazine rings is 1. The number of benzene rings is 2. The van der Waals surface area contributed by atoms with E-state index in [-0.39, 0.29) is 17.4 Å². The lowest BCUT2D eigenvalue weighted by atomic mass is 10.1. The number of aromatic hydroxyl groups is 2. The van der Waals surface area contributed by atoms with Gasteiger partial charge in [-0.1, -0.05) is 36.4 Å². The van der Waals surface area contributed by atoms with Gasteiger partial charge in [0.25, 0.3) is 0 Å². The molecule has 0 spiro atoms. The van der Waals surface area contributed by atoms with Crippen LogP contribution in [-0.4, -0.2) is 45.6 Å². The van der Waals surface area contributed by atoms with E-state index in [0.29, 0.717) is 26.2 Å². The molecule has 2 aromatic rings. The molecular formula is C18H20N2O3. The number of rotatable bonds is 4. The molecule has 2 N–H and O–H groups in total. The molecule has 0 bridgehead atoms. The summed E-state index contributed by atoms with van der Waals surface area (Å²) in [4.78, 5) is 16.1. The van der Waals surface area contributed by atoms with E-state index in [9.17, 15) is 15.0 Å². The van der Waals surface area contributed by atoms with Crippen molar-refractivity contribution in [3.8, 4) is 11.5 Å². The van der Waals surface area contributed by atoms with Gasteiger partial charge in [-0.3, -0.25) is 9.69 Å². The maximum atomic E-state index is 12.3. The maximum Gasteiger partial charge on any atom is 0.237 e. The van der Waals surface area contributed by atoms with Gasteiger partial charge < -0.3 is 15.1 Å². The first-order chi connectivity index (χ1) is 11.1. The van der Waals surface area contributed by atoms with Gasteiger partial charge >= 0.3 is 0 Å². The second-order valence-electron chi connectivity index (χ2n) is 5.78. The second-order valence-corrected chi connectivity index (χ2v) is 5.78. The molecule has 5 nitrogen and oxygen atoms in total. The topological polar surface area (TPSA) is 64.0 Å². The lowest BCUT2D eigenvalue weighted by Crippen LogP contribution is -2.49. The Morgan fingerprint density at radius 1 is 0.826 bits per heavy atom. The zero-order valence-electron chi connectivity index (χ0n) is 12.9. The molecule has 23 heavy (non-hydrogen) atoms. The summed E-state index contributed by atoms with van der Waals surface area (Å²) in [7, 11) is 0. The van der Waals surface area contributed by atoms with Crippen molar-refractivity contribution in [3.63, 3.8) is 0 Å². The molecule has 0 aromatic heterocycles. The molecule has 1 heterocycles. The molecule has 5 heteroatoms. The normalized spacial score (nSPS) is 15.8. The largest absolute Gasteiger partial charge is 0.508 e. The minimum atomic E-state index is 0.0370. The Morgan fingerprint density at radius 2 is 1.39 bits per heavy atom. The van der Waals surface area contributed by atoms with E-state index in [1.807, 2.05) is 29.2 Å². The third-order valence-corrected chi connectivity index (χ3v) is 4.14. The molecule has 0 saturated carbocycles. The van der Waals surface area contributed by atoms with Crippen LogP contribution in [0.25, 0.3) is 0 Å². The zero-order chi connectivity index (χ0) is 16.2. The number of carbonyl (C=O) groups is 1. The Labute approximate surface area is 135 Å². The van der Waals surface area contributed by atoms with Crippen molar-refractivity contribution >= 4 is 5.91 Å². The van der Waals surface area contributed by atoms with Crippen LogP contribution in [0, 0.1) is 0 Å². The molecule has 3 rings (SSSR count). The van der Waals surface area contributed by atoms with E-state index in [2.05, 4.69) is 0 Å². The van der Waals surface area contributed by atoms with Crippen molar-refractivity contribution in [1.29, 1.82) is 0 Å². The molecule has 1 saturated heterocycles. The van der Waals surface area contributed by atoms with Crippen molar-refractivity contribution in [2.24, 2.45) is 0 Å². The number of amides is 1. The van der Waals surface area contributed by atoms with Crippen LogP contribution < -0.4 is 0 Å². The van der Waals surface area contributed by atoms with Crippen LogP contribution in [0.1, 0.15) is 11.1 Å². The van der Waals surface area contributed by atoms with Crippen molar-refractivity contribution in [1.82, 2.24) is 9.80 Å². The summed E-state index contributed by atoms with van der Waals surface area (Å²) in [6, 6.07) is 14.3. The van der Waals surface area contributed by atoms with Crippen LogP contribution in [0.15, 0.2) is 48.5 Å². The van der Waals surface area contributed by atoms with Gasteiger partial charge in [0.1, 0.15) is 11.5 Å². The van der Waals surface area contributed by atoms with Crippen molar-refractivity contribution in [2.45, 2.75) is 13.1 Å². The average molecular weight is 312 g/mol. The highest BCUT2D eigenvalue weighted by molar-refractivity contribution is 5.79. The number of nitrogens with zero attached hydrogens (tertiary/aromatic N) is 2. The summed E-state index contributed by atoms with van der Waals surface area (Å²) in [6.07, 6.45) is 0. The number of carbonyl (C=O) groups excluding carboxylic acids is 1. The van der Waals surface area contributed by atoms with E-state index in [0.717, 1.165) is 17.7 Å². The maximum absolute atomic E-state index is 12.3. The van der Waals surface area contributed by atoms with Crippen molar-refractivity contribution < 1.29 is 15.0 Å². The van der Waals surface area contributed by atoms with Gasteiger partial charge in [0, 0.05) is 37.3 Å². The lowest BCUT2D eigenvalue weighted by molar-refractivity contribution is -0.136. The van der Waals surface area contributed by atoms with Gasteiger partial charge in [0.15, 0.2) is 0 Å². The molecular weight excluding hydrogens is 292 g/mol. The first-order valence-corrected chi connectivity index (χ1v) is 7.67. The number of hydrogen-bond acceptors (Lipinski definition) is 4. The van der Waals surface area contributed by atoms with E-state index in [1.165, 1.54) is 0 Å². The van der Waals surface area contributed by atoms with Crippen LogP contribution in [-0.2, 0) is 17.9 Å². The van der Waals surface area contributed by atoms with Crippen molar-refractivity contribution in [2.75, 3.05) is 19.6 Å². The molecule has 1 aliphatic rings. The summed E-state index contributed by atoms with van der Waals surface area (Å²) in [5.41, 5.74) is 1.59. The summed E-state index contributed by atoms with van der Waals surface area (Å²) in [6.45, 7) is 2.66. The van der Waals surface area contributed by atoms with Gasteiger partial charge in [0.05, 0.1) is 6.54 Å². The molecule has 2 aromatic carbocycles. The fraction of sp³-hybridized carbons (Fsp3) is 0.278. The molecule has 1 fully saturated rings. The van der Waals surface area contributed by atoms with Crippen LogP contribution in [0.5, 0.6) is 11.5 Å². The van der Waals surface area contributed by atoms with Crippen LogP contribution in [0.3, 0.4) is 0 Å². The molecule has 0 atom stereocenters. The van der Waals surface area contributed by atoms with Gasteiger partial charge in [0.2, 0.25) is 5.91 Å². The Kier molecular flexibility index (Phi) is 4.48. The Bertz CT molecular complexity index is 702. The summed E-state index contributed by atoms with van der Waals surface area (Å²) in [5, 5.41) is 19.7. The smallest absolute Gasteiger partial charge is 0.237 e. The van der Waals surface area contributed by atoms with Crippen molar-refractivity contribution in [3.05, 3.63) is 59.7 Å². The average Bonchev–Trinajstić information content (AvgIpc) is 2.54. The predicted octanol–water partition coefficient (Wildman–Crippen LogP) is 1.94. The van der Waals surface area contributed by atoms with Gasteiger partial charge in [-0.15, -0.1) is 0 Å². The van der Waals surface area contributed by atoms with Crippen LogP contribution in [0.4, 0.5) is 0 Å². The Hall–Kier alpha value is -2.53. The molecule has 1 aliphatic heterocycles. The highest BCUT2D eigenvalue weighted by Crippen LogP contribution is 2.21. The van der Waals surface area contributed by atoms with Crippen LogP contribution >= 0.6 is 0 Å². The quantitative estimate of drug-likeness (QED) is 0.905. The van der Waals surface area contributed by atoms with E-state index >= 15 is 0 Å².